The molecule has 1 aromatic heterocycles. The fraction of sp³-hybridized carbons (Fsp3) is 0.700. The first-order chi connectivity index (χ1) is 12.2. The predicted octanol–water partition coefficient (Wildman–Crippen LogP) is 3.30. The molecule has 0 saturated carbocycles. The molecule has 1 aliphatic heterocycles. The van der Waals surface area contributed by atoms with E-state index in [2.05, 4.69) is 24.5 Å². The minimum Gasteiger partial charge on any atom is -0.466 e. The quantitative estimate of drug-likeness (QED) is 0.867. The van der Waals surface area contributed by atoms with Gasteiger partial charge in [-0.15, -0.1) is 0 Å². The number of hydrogen-bond acceptors (Lipinski definition) is 3. The average Bonchev–Trinajstić information content (AvgIpc) is 2.93. The number of nitrogens with one attached hydrogen (secondary N) is 2. The van der Waals surface area contributed by atoms with Crippen LogP contribution >= 0.6 is 0 Å². The van der Waals surface area contributed by atoms with Gasteiger partial charge in [0.1, 0.15) is 17.6 Å². The molecule has 3 rings (SSSR count). The van der Waals surface area contributed by atoms with Gasteiger partial charge >= 0.3 is 6.03 Å². The molecule has 0 bridgehead atoms. The number of aryl methyl sites for hydroxylation is 1. The molecular formula is C20H31N3O3. The zero-order valence-corrected chi connectivity index (χ0v) is 16.4. The zero-order valence-electron chi connectivity index (χ0n) is 16.4. The molecule has 6 heteroatoms. The molecule has 1 aromatic rings. The fourth-order valence-corrected chi connectivity index (χ4v) is 4.16. The Kier molecular flexibility index (Phi) is 5.30. The number of urea groups is 1. The lowest BCUT2D eigenvalue weighted by Crippen LogP contribution is -2.51. The second-order valence-electron chi connectivity index (χ2n) is 8.56. The van der Waals surface area contributed by atoms with Crippen LogP contribution in [0.3, 0.4) is 0 Å². The molecule has 2 N–H and O–H groups in total. The van der Waals surface area contributed by atoms with Crippen molar-refractivity contribution in [3.63, 3.8) is 0 Å². The van der Waals surface area contributed by atoms with Crippen molar-refractivity contribution in [3.05, 3.63) is 23.2 Å². The van der Waals surface area contributed by atoms with E-state index < -0.39 is 6.04 Å². The van der Waals surface area contributed by atoms with Crippen molar-refractivity contribution >= 4 is 11.9 Å². The molecule has 6 nitrogen and oxygen atoms in total. The van der Waals surface area contributed by atoms with Gasteiger partial charge in [0.15, 0.2) is 0 Å². The van der Waals surface area contributed by atoms with E-state index in [4.69, 9.17) is 4.42 Å². The van der Waals surface area contributed by atoms with E-state index >= 15 is 0 Å². The highest BCUT2D eigenvalue weighted by Crippen LogP contribution is 2.41. The number of nitrogens with zero attached hydrogens (tertiary/aromatic N) is 1. The molecule has 26 heavy (non-hydrogen) atoms. The van der Waals surface area contributed by atoms with Crippen LogP contribution < -0.4 is 10.6 Å². The Balaban J connectivity index is 1.61. The Hall–Kier alpha value is -1.98. The summed E-state index contributed by atoms with van der Waals surface area (Å²) in [4.78, 5) is 26.9. The van der Waals surface area contributed by atoms with Gasteiger partial charge in [0.2, 0.25) is 5.91 Å². The number of rotatable bonds is 3. The molecule has 0 unspecified atom stereocenters. The van der Waals surface area contributed by atoms with Crippen molar-refractivity contribution in [1.82, 2.24) is 15.5 Å². The van der Waals surface area contributed by atoms with Crippen LogP contribution in [0, 0.1) is 12.3 Å². The molecule has 1 fully saturated rings. The first-order valence-corrected chi connectivity index (χ1v) is 9.70. The highest BCUT2D eigenvalue weighted by atomic mass is 16.3. The van der Waals surface area contributed by atoms with E-state index in [1.54, 1.807) is 6.92 Å². The summed E-state index contributed by atoms with van der Waals surface area (Å²) >= 11 is 0. The number of hydrogen-bond donors (Lipinski definition) is 2. The molecule has 0 radical (unpaired) electrons. The summed E-state index contributed by atoms with van der Waals surface area (Å²) in [5.74, 6) is 1.83. The van der Waals surface area contributed by atoms with Crippen molar-refractivity contribution in [2.45, 2.75) is 71.9 Å². The Bertz CT molecular complexity index is 674. The van der Waals surface area contributed by atoms with Gasteiger partial charge in [0, 0.05) is 25.1 Å². The summed E-state index contributed by atoms with van der Waals surface area (Å²) in [7, 11) is 0. The SMILES string of the molecule is Cc1cc2c(o1)CC(C)(C)C[C@H]2NC(=O)N[C@H](C)C(=O)N1CCCCC1. The first-order valence-electron chi connectivity index (χ1n) is 9.70. The molecule has 2 aliphatic rings. The predicted molar refractivity (Wildman–Crippen MR) is 99.8 cm³/mol. The lowest BCUT2D eigenvalue weighted by Gasteiger charge is -2.35. The third-order valence-electron chi connectivity index (χ3n) is 5.43. The van der Waals surface area contributed by atoms with E-state index in [0.717, 1.165) is 55.9 Å². The van der Waals surface area contributed by atoms with E-state index in [0.29, 0.717) is 0 Å². The van der Waals surface area contributed by atoms with Crippen molar-refractivity contribution in [3.8, 4) is 0 Å². The lowest BCUT2D eigenvalue weighted by molar-refractivity contribution is -0.133. The monoisotopic (exact) mass is 361 g/mol. The second-order valence-corrected chi connectivity index (χ2v) is 8.56. The Morgan fingerprint density at radius 1 is 1.27 bits per heavy atom. The number of likely N-dealkylation sites (tertiary alicyclic amines) is 1. The molecule has 2 heterocycles. The number of amides is 3. The first kappa shape index (κ1) is 18.8. The Morgan fingerprint density at radius 2 is 1.96 bits per heavy atom. The van der Waals surface area contributed by atoms with Crippen LogP contribution in [-0.2, 0) is 11.2 Å². The molecule has 144 valence electrons. The van der Waals surface area contributed by atoms with Crippen molar-refractivity contribution < 1.29 is 14.0 Å². The van der Waals surface area contributed by atoms with E-state index in [1.165, 1.54) is 6.42 Å². The van der Waals surface area contributed by atoms with Gasteiger partial charge in [-0.1, -0.05) is 13.8 Å². The van der Waals surface area contributed by atoms with Crippen molar-refractivity contribution in [2.75, 3.05) is 13.1 Å². The zero-order chi connectivity index (χ0) is 18.9. The fourth-order valence-electron chi connectivity index (χ4n) is 4.16. The van der Waals surface area contributed by atoms with Crippen LogP contribution in [0.2, 0.25) is 0 Å². The van der Waals surface area contributed by atoms with Gasteiger partial charge in [0.25, 0.3) is 0 Å². The molecular weight excluding hydrogens is 330 g/mol. The Labute approximate surface area is 155 Å². The van der Waals surface area contributed by atoms with Gasteiger partial charge in [-0.2, -0.15) is 0 Å². The largest absolute Gasteiger partial charge is 0.466 e. The van der Waals surface area contributed by atoms with Gasteiger partial charge in [-0.25, -0.2) is 4.79 Å². The van der Waals surface area contributed by atoms with Crippen LogP contribution in [0.15, 0.2) is 10.5 Å². The van der Waals surface area contributed by atoms with Crippen LogP contribution in [0.25, 0.3) is 0 Å². The number of carbonyl (C=O) groups excluding carboxylic acids is 2. The maximum absolute atomic E-state index is 12.5. The Morgan fingerprint density at radius 3 is 2.65 bits per heavy atom. The van der Waals surface area contributed by atoms with Crippen LogP contribution in [0.4, 0.5) is 4.79 Å². The molecule has 2 atom stereocenters. The summed E-state index contributed by atoms with van der Waals surface area (Å²) < 4.78 is 5.82. The number of piperidine rings is 1. The van der Waals surface area contributed by atoms with Crippen LogP contribution in [-0.4, -0.2) is 36.0 Å². The topological polar surface area (TPSA) is 74.6 Å². The third-order valence-corrected chi connectivity index (χ3v) is 5.43. The summed E-state index contributed by atoms with van der Waals surface area (Å²) in [5.41, 5.74) is 1.12. The lowest BCUT2D eigenvalue weighted by atomic mass is 9.75. The molecule has 0 spiro atoms. The maximum atomic E-state index is 12.5. The summed E-state index contributed by atoms with van der Waals surface area (Å²) in [5, 5.41) is 5.87. The third kappa shape index (κ3) is 4.22. The van der Waals surface area contributed by atoms with Gasteiger partial charge in [0.05, 0.1) is 6.04 Å². The maximum Gasteiger partial charge on any atom is 0.315 e. The summed E-state index contributed by atoms with van der Waals surface area (Å²) in [6.45, 7) is 9.64. The molecule has 1 aliphatic carbocycles. The van der Waals surface area contributed by atoms with E-state index in [1.807, 2.05) is 17.9 Å². The normalized spacial score (nSPS) is 23.1. The average molecular weight is 361 g/mol. The molecule has 3 amide bonds. The highest BCUT2D eigenvalue weighted by molar-refractivity contribution is 5.86. The van der Waals surface area contributed by atoms with Crippen LogP contribution in [0.1, 0.15) is 69.6 Å². The smallest absolute Gasteiger partial charge is 0.315 e. The van der Waals surface area contributed by atoms with Crippen molar-refractivity contribution in [1.29, 1.82) is 0 Å². The standard InChI is InChI=1S/C20H31N3O3/c1-13-10-15-16(11-20(3,4)12-17(15)26-13)22-19(25)21-14(2)18(24)23-8-6-5-7-9-23/h10,14,16H,5-9,11-12H2,1-4H3,(H2,21,22,25)/t14-,16-/m1/s1. The molecule has 1 saturated heterocycles. The minimum atomic E-state index is -0.518. The van der Waals surface area contributed by atoms with Gasteiger partial charge < -0.3 is 20.0 Å². The number of furan rings is 1. The van der Waals surface area contributed by atoms with Gasteiger partial charge in [-0.05, 0) is 51.0 Å². The second kappa shape index (κ2) is 7.33. The van der Waals surface area contributed by atoms with Gasteiger partial charge in [-0.3, -0.25) is 4.79 Å². The summed E-state index contributed by atoms with van der Waals surface area (Å²) in [6, 6.07) is 1.10. The highest BCUT2D eigenvalue weighted by Gasteiger charge is 2.36. The number of fused-ring (bicyclic) bond motifs is 1. The van der Waals surface area contributed by atoms with Crippen molar-refractivity contribution in [2.24, 2.45) is 5.41 Å². The minimum absolute atomic E-state index is 0.00340. The van der Waals surface area contributed by atoms with E-state index in [-0.39, 0.29) is 23.4 Å². The molecule has 0 aromatic carbocycles. The van der Waals surface area contributed by atoms with Crippen LogP contribution in [0.5, 0.6) is 0 Å². The number of carbonyl (C=O) groups is 2. The summed E-state index contributed by atoms with van der Waals surface area (Å²) in [6.07, 6.45) is 4.99. The van der Waals surface area contributed by atoms with E-state index in [9.17, 15) is 9.59 Å².